The second-order valence-corrected chi connectivity index (χ2v) is 6.07. The first kappa shape index (κ1) is 19.5. The lowest BCUT2D eigenvalue weighted by molar-refractivity contribution is -0.376. The number of halogens is 7. The minimum absolute atomic E-state index is 0.0889. The summed E-state index contributed by atoms with van der Waals surface area (Å²) >= 11 is 2.92. The van der Waals surface area contributed by atoms with Crippen LogP contribution in [0.15, 0.2) is 34.8 Å². The van der Waals surface area contributed by atoms with Crippen molar-refractivity contribution >= 4 is 38.3 Å². The van der Waals surface area contributed by atoms with E-state index in [0.717, 1.165) is 6.92 Å². The van der Waals surface area contributed by atoms with Crippen molar-refractivity contribution in [1.82, 2.24) is 0 Å². The second-order valence-electron chi connectivity index (χ2n) is 5.21. The van der Waals surface area contributed by atoms with E-state index in [4.69, 9.17) is 0 Å². The quantitative estimate of drug-likeness (QED) is 0.668. The molecule has 0 spiro atoms. The molecule has 0 radical (unpaired) electrons. The van der Waals surface area contributed by atoms with Gasteiger partial charge in [-0.1, -0.05) is 40.2 Å². The first-order valence-electron chi connectivity index (χ1n) is 6.66. The maximum absolute atomic E-state index is 13.2. The van der Waals surface area contributed by atoms with Gasteiger partial charge in [0.25, 0.3) is 5.60 Å². The number of nitrogens with one attached hydrogen (secondary N) is 1. The average Bonchev–Trinajstić information content (AvgIpc) is 2.46. The fourth-order valence-corrected chi connectivity index (χ4v) is 2.97. The van der Waals surface area contributed by atoms with Gasteiger partial charge in [-0.15, -0.1) is 0 Å². The van der Waals surface area contributed by atoms with E-state index in [1.807, 2.05) is 5.32 Å². The van der Waals surface area contributed by atoms with E-state index in [-0.39, 0.29) is 15.2 Å². The molecule has 0 aliphatic heterocycles. The predicted octanol–water partition coefficient (Wildman–Crippen LogP) is 4.87. The monoisotopic (exact) mass is 429 g/mol. The van der Waals surface area contributed by atoms with E-state index in [2.05, 4.69) is 15.9 Å². The number of hydrogen-bond acceptors (Lipinski definition) is 2. The number of carbonyl (C=O) groups is 1. The van der Waals surface area contributed by atoms with E-state index >= 15 is 0 Å². The minimum atomic E-state index is -6.07. The third-order valence-electron chi connectivity index (χ3n) is 3.51. The molecule has 0 aromatic heterocycles. The van der Waals surface area contributed by atoms with Crippen molar-refractivity contribution in [2.45, 2.75) is 24.9 Å². The van der Waals surface area contributed by atoms with Gasteiger partial charge in [-0.3, -0.25) is 4.79 Å². The van der Waals surface area contributed by atoms with Crippen molar-refractivity contribution < 1.29 is 36.2 Å². The molecule has 2 aromatic rings. The maximum Gasteiger partial charge on any atom is 0.430 e. The van der Waals surface area contributed by atoms with Gasteiger partial charge in [0.15, 0.2) is 0 Å². The van der Waals surface area contributed by atoms with Crippen LogP contribution >= 0.6 is 15.9 Å². The Balaban J connectivity index is 2.99. The van der Waals surface area contributed by atoms with Gasteiger partial charge in [0.2, 0.25) is 5.91 Å². The van der Waals surface area contributed by atoms with Crippen LogP contribution in [0.25, 0.3) is 10.8 Å². The lowest BCUT2D eigenvalue weighted by Gasteiger charge is -2.34. The summed E-state index contributed by atoms with van der Waals surface area (Å²) < 4.78 is 79.3. The van der Waals surface area contributed by atoms with Gasteiger partial charge in [0.1, 0.15) is 0 Å². The molecule has 3 nitrogen and oxygen atoms in total. The van der Waals surface area contributed by atoms with Gasteiger partial charge in [-0.25, -0.2) is 0 Å². The third-order valence-corrected chi connectivity index (χ3v) is 4.16. The molecule has 0 atom stereocenters. The number of benzene rings is 2. The standard InChI is InChI=1S/C15H10BrF6NO2/c1-7(24)23-12-9-5-3-2-4-8(9)11(16)6-10(12)13(25,14(17,18)19)15(20,21)22/h2-6,25H,1H3,(H,23,24). The van der Waals surface area contributed by atoms with Gasteiger partial charge >= 0.3 is 12.4 Å². The SMILES string of the molecule is CC(=O)Nc1c(C(O)(C(F)(F)F)C(F)(F)F)cc(Br)c2ccccc12. The molecule has 10 heteroatoms. The van der Waals surface area contributed by atoms with Crippen LogP contribution in [-0.2, 0) is 10.4 Å². The van der Waals surface area contributed by atoms with Crippen LogP contribution < -0.4 is 5.32 Å². The van der Waals surface area contributed by atoms with Crippen molar-refractivity contribution in [3.8, 4) is 0 Å². The van der Waals surface area contributed by atoms with Crippen LogP contribution in [0, 0.1) is 0 Å². The van der Waals surface area contributed by atoms with E-state index in [9.17, 15) is 36.2 Å². The van der Waals surface area contributed by atoms with Crippen molar-refractivity contribution in [3.63, 3.8) is 0 Å². The number of carbonyl (C=O) groups excluding carboxylic acids is 1. The van der Waals surface area contributed by atoms with Gasteiger partial charge in [-0.2, -0.15) is 26.3 Å². The molecule has 0 aliphatic carbocycles. The summed E-state index contributed by atoms with van der Waals surface area (Å²) in [7, 11) is 0. The van der Waals surface area contributed by atoms with Gasteiger partial charge in [-0.05, 0) is 11.5 Å². The Labute approximate surface area is 145 Å². The average molecular weight is 430 g/mol. The summed E-state index contributed by atoms with van der Waals surface area (Å²) in [6.07, 6.45) is -12.1. The van der Waals surface area contributed by atoms with Crippen molar-refractivity contribution in [1.29, 1.82) is 0 Å². The van der Waals surface area contributed by atoms with Crippen molar-refractivity contribution in [2.24, 2.45) is 0 Å². The zero-order valence-electron chi connectivity index (χ0n) is 12.4. The van der Waals surface area contributed by atoms with Crippen LogP contribution in [-0.4, -0.2) is 23.4 Å². The van der Waals surface area contributed by atoms with Crippen LogP contribution in [0.1, 0.15) is 12.5 Å². The molecule has 2 aromatic carbocycles. The zero-order valence-corrected chi connectivity index (χ0v) is 14.0. The fourth-order valence-electron chi connectivity index (χ4n) is 2.39. The molecule has 0 heterocycles. The topological polar surface area (TPSA) is 49.3 Å². The number of alkyl halides is 6. The van der Waals surface area contributed by atoms with Gasteiger partial charge in [0.05, 0.1) is 5.69 Å². The smallest absolute Gasteiger partial charge is 0.369 e. The summed E-state index contributed by atoms with van der Waals surface area (Å²) in [4.78, 5) is 11.4. The Morgan fingerprint density at radius 3 is 1.96 bits per heavy atom. The highest BCUT2D eigenvalue weighted by molar-refractivity contribution is 9.10. The molecule has 0 fully saturated rings. The number of amides is 1. The number of rotatable bonds is 2. The Morgan fingerprint density at radius 2 is 1.52 bits per heavy atom. The molecule has 136 valence electrons. The molecule has 0 unspecified atom stereocenters. The molecule has 1 amide bonds. The Kier molecular flexibility index (Phi) is 4.81. The normalized spacial score (nSPS) is 13.2. The third kappa shape index (κ3) is 3.20. The van der Waals surface area contributed by atoms with E-state index in [1.54, 1.807) is 0 Å². The highest BCUT2D eigenvalue weighted by atomic mass is 79.9. The molecule has 0 bridgehead atoms. The largest absolute Gasteiger partial charge is 0.430 e. The van der Waals surface area contributed by atoms with E-state index in [1.165, 1.54) is 24.3 Å². The molecule has 0 saturated carbocycles. The Bertz CT molecular complexity index is 817. The molecule has 0 saturated heterocycles. The second kappa shape index (κ2) is 6.17. The summed E-state index contributed by atoms with van der Waals surface area (Å²) in [5, 5.41) is 11.9. The van der Waals surface area contributed by atoms with Crippen molar-refractivity contribution in [3.05, 3.63) is 40.4 Å². The predicted molar refractivity (Wildman–Crippen MR) is 82.0 cm³/mol. The maximum atomic E-state index is 13.2. The Morgan fingerprint density at radius 1 is 1.04 bits per heavy atom. The lowest BCUT2D eigenvalue weighted by atomic mass is 9.88. The van der Waals surface area contributed by atoms with Crippen molar-refractivity contribution in [2.75, 3.05) is 5.32 Å². The van der Waals surface area contributed by atoms with Gasteiger partial charge < -0.3 is 10.4 Å². The number of fused-ring (bicyclic) bond motifs is 1. The minimum Gasteiger partial charge on any atom is -0.369 e. The molecule has 2 rings (SSSR count). The molecule has 25 heavy (non-hydrogen) atoms. The summed E-state index contributed by atoms with van der Waals surface area (Å²) in [6.45, 7) is 0.931. The number of aliphatic hydroxyl groups is 1. The molecular weight excluding hydrogens is 420 g/mol. The van der Waals surface area contributed by atoms with Crippen LogP contribution in [0.4, 0.5) is 32.0 Å². The highest BCUT2D eigenvalue weighted by Gasteiger charge is 2.72. The van der Waals surface area contributed by atoms with Crippen LogP contribution in [0.3, 0.4) is 0 Å². The first-order chi connectivity index (χ1) is 11.3. The first-order valence-corrected chi connectivity index (χ1v) is 7.45. The molecular formula is C15H10BrF6NO2. The highest BCUT2D eigenvalue weighted by Crippen LogP contribution is 2.53. The summed E-state index contributed by atoms with van der Waals surface area (Å²) in [6, 6.07) is 6.08. The molecule has 2 N–H and O–H groups in total. The Hall–Kier alpha value is -1.81. The summed E-state index contributed by atoms with van der Waals surface area (Å²) in [5.74, 6) is -0.888. The van der Waals surface area contributed by atoms with Crippen LogP contribution in [0.5, 0.6) is 0 Å². The van der Waals surface area contributed by atoms with Gasteiger partial charge in [0, 0.05) is 22.3 Å². The zero-order chi connectivity index (χ0) is 19.2. The number of hydrogen-bond donors (Lipinski definition) is 2. The summed E-state index contributed by atoms with van der Waals surface area (Å²) in [5.41, 5.74) is -7.44. The number of anilines is 1. The van der Waals surface area contributed by atoms with E-state index < -0.39 is 35.1 Å². The van der Waals surface area contributed by atoms with Crippen LogP contribution in [0.2, 0.25) is 0 Å². The van der Waals surface area contributed by atoms with E-state index in [0.29, 0.717) is 6.07 Å². The molecule has 0 aliphatic rings. The lowest BCUT2D eigenvalue weighted by Crippen LogP contribution is -2.54. The fraction of sp³-hybridized carbons (Fsp3) is 0.267.